The van der Waals surface area contributed by atoms with Gasteiger partial charge in [-0.3, -0.25) is 19.1 Å². The van der Waals surface area contributed by atoms with Gasteiger partial charge in [0.15, 0.2) is 5.16 Å². The van der Waals surface area contributed by atoms with E-state index in [0.29, 0.717) is 23.3 Å². The Hall–Kier alpha value is -3.14. The standard InChI is InChI=1S/C20H23N5O4S/c1-5-29-18(27)13(4)30-20-24-23-16(9-14-10-17(26)22-19(28)21-14)25(20)15-8-11(2)6-7-12(15)3/h6-8,10,13H,5,9H2,1-4H3,(H2,21,22,26,28)/t13-/m1/s1. The summed E-state index contributed by atoms with van der Waals surface area (Å²) >= 11 is 1.24. The van der Waals surface area contributed by atoms with Gasteiger partial charge >= 0.3 is 11.7 Å². The highest BCUT2D eigenvalue weighted by molar-refractivity contribution is 8.00. The molecule has 2 N–H and O–H groups in total. The van der Waals surface area contributed by atoms with Crippen molar-refractivity contribution in [2.24, 2.45) is 0 Å². The molecule has 1 atom stereocenters. The van der Waals surface area contributed by atoms with Gasteiger partial charge in [0.1, 0.15) is 11.1 Å². The molecule has 30 heavy (non-hydrogen) atoms. The number of hydrogen-bond acceptors (Lipinski definition) is 7. The van der Waals surface area contributed by atoms with Crippen molar-refractivity contribution in [2.45, 2.75) is 44.5 Å². The van der Waals surface area contributed by atoms with Crippen molar-refractivity contribution >= 4 is 17.7 Å². The number of rotatable bonds is 7. The van der Waals surface area contributed by atoms with E-state index < -0.39 is 16.5 Å². The number of ether oxygens (including phenoxy) is 1. The molecule has 158 valence electrons. The van der Waals surface area contributed by atoms with E-state index in [4.69, 9.17) is 4.74 Å². The van der Waals surface area contributed by atoms with Gasteiger partial charge in [0.05, 0.1) is 12.3 Å². The predicted molar refractivity (Wildman–Crippen MR) is 113 cm³/mol. The summed E-state index contributed by atoms with van der Waals surface area (Å²) in [6.45, 7) is 7.76. The molecule has 0 aliphatic carbocycles. The predicted octanol–water partition coefficient (Wildman–Crippen LogP) is 1.90. The lowest BCUT2D eigenvalue weighted by Gasteiger charge is -2.15. The molecular weight excluding hydrogens is 406 g/mol. The van der Waals surface area contributed by atoms with Crippen LogP contribution < -0.4 is 11.2 Å². The number of H-pyrrole nitrogens is 2. The van der Waals surface area contributed by atoms with E-state index in [1.54, 1.807) is 13.8 Å². The summed E-state index contributed by atoms with van der Waals surface area (Å²) in [5.41, 5.74) is 2.25. The first kappa shape index (κ1) is 21.6. The zero-order valence-electron chi connectivity index (χ0n) is 17.2. The smallest absolute Gasteiger partial charge is 0.325 e. The number of aromatic amines is 2. The molecular formula is C20H23N5O4S. The quantitative estimate of drug-likeness (QED) is 0.434. The van der Waals surface area contributed by atoms with Crippen LogP contribution in [0.3, 0.4) is 0 Å². The van der Waals surface area contributed by atoms with Crippen molar-refractivity contribution in [1.82, 2.24) is 24.7 Å². The van der Waals surface area contributed by atoms with Crippen LogP contribution >= 0.6 is 11.8 Å². The van der Waals surface area contributed by atoms with Gasteiger partial charge in [-0.1, -0.05) is 23.9 Å². The first-order valence-electron chi connectivity index (χ1n) is 9.46. The number of thioether (sulfide) groups is 1. The average Bonchev–Trinajstić information content (AvgIpc) is 3.05. The van der Waals surface area contributed by atoms with E-state index >= 15 is 0 Å². The van der Waals surface area contributed by atoms with Gasteiger partial charge in [-0.2, -0.15) is 0 Å². The normalized spacial score (nSPS) is 12.0. The maximum absolute atomic E-state index is 12.1. The van der Waals surface area contributed by atoms with E-state index in [2.05, 4.69) is 20.2 Å². The number of hydrogen-bond donors (Lipinski definition) is 2. The third-order valence-corrected chi connectivity index (χ3v) is 5.39. The summed E-state index contributed by atoms with van der Waals surface area (Å²) in [7, 11) is 0. The molecule has 0 saturated carbocycles. The molecule has 3 aromatic rings. The SMILES string of the molecule is CCOC(=O)[C@@H](C)Sc1nnc(Cc2cc(=O)[nH]c(=O)[nH]2)n1-c1cc(C)ccc1C. The van der Waals surface area contributed by atoms with Gasteiger partial charge in [-0.15, -0.1) is 10.2 Å². The minimum atomic E-state index is -0.583. The maximum Gasteiger partial charge on any atom is 0.325 e. The number of esters is 1. The summed E-state index contributed by atoms with van der Waals surface area (Å²) in [4.78, 5) is 40.2. The molecule has 0 saturated heterocycles. The Bertz CT molecular complexity index is 1150. The molecule has 10 heteroatoms. The summed E-state index contributed by atoms with van der Waals surface area (Å²) < 4.78 is 6.95. The van der Waals surface area contributed by atoms with E-state index in [1.165, 1.54) is 17.8 Å². The molecule has 3 rings (SSSR count). The van der Waals surface area contributed by atoms with Gasteiger partial charge in [0.2, 0.25) is 0 Å². The van der Waals surface area contributed by atoms with Crippen LogP contribution in [0.15, 0.2) is 39.0 Å². The van der Waals surface area contributed by atoms with Crippen molar-refractivity contribution < 1.29 is 9.53 Å². The Morgan fingerprint density at radius 3 is 2.67 bits per heavy atom. The molecule has 0 radical (unpaired) electrons. The van der Waals surface area contributed by atoms with Crippen LogP contribution in [0, 0.1) is 13.8 Å². The number of aryl methyl sites for hydroxylation is 2. The maximum atomic E-state index is 12.1. The molecule has 0 unspecified atom stereocenters. The molecule has 9 nitrogen and oxygen atoms in total. The lowest BCUT2D eigenvalue weighted by atomic mass is 10.1. The lowest BCUT2D eigenvalue weighted by Crippen LogP contribution is -2.23. The Kier molecular flexibility index (Phi) is 6.56. The second-order valence-electron chi connectivity index (χ2n) is 6.83. The van der Waals surface area contributed by atoms with Crippen molar-refractivity contribution in [3.63, 3.8) is 0 Å². The highest BCUT2D eigenvalue weighted by atomic mass is 32.2. The molecule has 2 heterocycles. The fraction of sp³-hybridized carbons (Fsp3) is 0.350. The minimum Gasteiger partial charge on any atom is -0.465 e. The zero-order chi connectivity index (χ0) is 21.8. The monoisotopic (exact) mass is 429 g/mol. The lowest BCUT2D eigenvalue weighted by molar-refractivity contribution is -0.142. The number of nitrogens with one attached hydrogen (secondary N) is 2. The van der Waals surface area contributed by atoms with E-state index in [9.17, 15) is 14.4 Å². The Morgan fingerprint density at radius 2 is 1.97 bits per heavy atom. The first-order chi connectivity index (χ1) is 14.3. The summed E-state index contributed by atoms with van der Waals surface area (Å²) in [6, 6.07) is 7.32. The van der Waals surface area contributed by atoms with E-state index in [1.807, 2.05) is 36.6 Å². The molecule has 0 fully saturated rings. The Morgan fingerprint density at radius 1 is 1.20 bits per heavy atom. The first-order valence-corrected chi connectivity index (χ1v) is 10.3. The molecule has 2 aromatic heterocycles. The largest absolute Gasteiger partial charge is 0.465 e. The molecule has 0 spiro atoms. The second kappa shape index (κ2) is 9.12. The topological polar surface area (TPSA) is 123 Å². The fourth-order valence-corrected chi connectivity index (χ4v) is 3.82. The average molecular weight is 430 g/mol. The van der Waals surface area contributed by atoms with Gasteiger partial charge in [0, 0.05) is 18.2 Å². The van der Waals surface area contributed by atoms with Crippen LogP contribution in [0.1, 0.15) is 36.5 Å². The van der Waals surface area contributed by atoms with Crippen LogP contribution in [0.2, 0.25) is 0 Å². The van der Waals surface area contributed by atoms with Gasteiger partial charge in [0.25, 0.3) is 5.56 Å². The van der Waals surface area contributed by atoms with Gasteiger partial charge < -0.3 is 9.72 Å². The minimum absolute atomic E-state index is 0.188. The second-order valence-corrected chi connectivity index (χ2v) is 8.13. The van der Waals surface area contributed by atoms with Crippen molar-refractivity contribution in [3.05, 3.63) is 67.7 Å². The van der Waals surface area contributed by atoms with Crippen LogP contribution in [0.5, 0.6) is 0 Å². The van der Waals surface area contributed by atoms with Crippen molar-refractivity contribution in [3.8, 4) is 5.69 Å². The molecule has 0 aliphatic heterocycles. The molecule has 0 aliphatic rings. The summed E-state index contributed by atoms with van der Waals surface area (Å²) in [5, 5.41) is 8.60. The summed E-state index contributed by atoms with van der Waals surface area (Å²) in [5.74, 6) is 0.196. The number of carbonyl (C=O) groups is 1. The Balaban J connectivity index is 2.07. The van der Waals surface area contributed by atoms with Gasteiger partial charge in [-0.05, 0) is 44.9 Å². The van der Waals surface area contributed by atoms with E-state index in [0.717, 1.165) is 16.8 Å². The number of carbonyl (C=O) groups excluding carboxylic acids is 1. The highest BCUT2D eigenvalue weighted by Gasteiger charge is 2.23. The van der Waals surface area contributed by atoms with Crippen LogP contribution in [-0.2, 0) is 16.0 Å². The van der Waals surface area contributed by atoms with Gasteiger partial charge in [-0.25, -0.2) is 4.79 Å². The number of nitrogens with zero attached hydrogens (tertiary/aromatic N) is 3. The third kappa shape index (κ3) is 4.88. The summed E-state index contributed by atoms with van der Waals surface area (Å²) in [6.07, 6.45) is 0.188. The van der Waals surface area contributed by atoms with Crippen LogP contribution in [0.4, 0.5) is 0 Å². The third-order valence-electron chi connectivity index (χ3n) is 4.37. The van der Waals surface area contributed by atoms with Crippen molar-refractivity contribution in [2.75, 3.05) is 6.61 Å². The molecule has 1 aromatic carbocycles. The van der Waals surface area contributed by atoms with Crippen LogP contribution in [-0.4, -0.2) is 42.6 Å². The highest BCUT2D eigenvalue weighted by Crippen LogP contribution is 2.29. The number of aromatic nitrogens is 5. The Labute approximate surface area is 176 Å². The fourth-order valence-electron chi connectivity index (χ4n) is 2.94. The van der Waals surface area contributed by atoms with Crippen molar-refractivity contribution in [1.29, 1.82) is 0 Å². The zero-order valence-corrected chi connectivity index (χ0v) is 18.0. The number of benzene rings is 1. The van der Waals surface area contributed by atoms with Crippen LogP contribution in [0.25, 0.3) is 5.69 Å². The molecule has 0 bridgehead atoms. The molecule has 0 amide bonds. The van der Waals surface area contributed by atoms with E-state index in [-0.39, 0.29) is 12.4 Å².